The molecule has 0 atom stereocenters. The molecule has 23 heavy (non-hydrogen) atoms. The van der Waals surface area contributed by atoms with Crippen molar-refractivity contribution >= 4 is 17.4 Å². The van der Waals surface area contributed by atoms with Crippen LogP contribution in [0.3, 0.4) is 0 Å². The van der Waals surface area contributed by atoms with Crippen LogP contribution in [0.15, 0.2) is 18.2 Å². The van der Waals surface area contributed by atoms with Crippen LogP contribution < -0.4 is 5.32 Å². The van der Waals surface area contributed by atoms with E-state index in [-0.39, 0.29) is 11.7 Å². The van der Waals surface area contributed by atoms with E-state index >= 15 is 0 Å². The maximum Gasteiger partial charge on any atom is 0.221 e. The first-order valence-electron chi connectivity index (χ1n) is 7.78. The Hall–Kier alpha value is -2.43. The van der Waals surface area contributed by atoms with Crippen LogP contribution in [0.2, 0.25) is 0 Å². The van der Waals surface area contributed by atoms with Crippen molar-refractivity contribution in [2.24, 2.45) is 0 Å². The lowest BCUT2D eigenvalue weighted by Crippen LogP contribution is -2.09. The third-order valence-corrected chi connectivity index (χ3v) is 3.89. The Morgan fingerprint density at radius 2 is 1.91 bits per heavy atom. The summed E-state index contributed by atoms with van der Waals surface area (Å²) in [5, 5.41) is 7.42. The predicted molar refractivity (Wildman–Crippen MR) is 91.1 cm³/mol. The SMILES string of the molecule is CCc1cc(-n2nc(C)c(CC(C)=O)c2C)ccc1NC(C)=O. The van der Waals surface area contributed by atoms with Gasteiger partial charge in [0.15, 0.2) is 0 Å². The van der Waals surface area contributed by atoms with Crippen molar-refractivity contribution in [2.75, 3.05) is 5.32 Å². The molecule has 0 aliphatic carbocycles. The second kappa shape index (κ2) is 6.77. The van der Waals surface area contributed by atoms with Gasteiger partial charge in [0.2, 0.25) is 5.91 Å². The van der Waals surface area contributed by atoms with E-state index in [1.54, 1.807) is 6.92 Å². The van der Waals surface area contributed by atoms with Crippen molar-refractivity contribution in [3.8, 4) is 5.69 Å². The molecule has 1 amide bonds. The molecule has 5 heteroatoms. The molecule has 0 fully saturated rings. The molecule has 0 unspecified atom stereocenters. The largest absolute Gasteiger partial charge is 0.326 e. The van der Waals surface area contributed by atoms with E-state index in [4.69, 9.17) is 0 Å². The van der Waals surface area contributed by atoms with E-state index in [1.165, 1.54) is 6.92 Å². The van der Waals surface area contributed by atoms with Crippen molar-refractivity contribution in [2.45, 2.75) is 47.5 Å². The van der Waals surface area contributed by atoms with Crippen LogP contribution in [-0.4, -0.2) is 21.5 Å². The number of Topliss-reactive ketones (excluding diaryl/α,β-unsaturated/α-hetero) is 1. The Morgan fingerprint density at radius 3 is 2.48 bits per heavy atom. The third kappa shape index (κ3) is 3.67. The van der Waals surface area contributed by atoms with E-state index in [1.807, 2.05) is 43.7 Å². The van der Waals surface area contributed by atoms with Gasteiger partial charge in [0, 0.05) is 30.3 Å². The average molecular weight is 313 g/mol. The molecule has 0 bridgehead atoms. The number of rotatable bonds is 5. The van der Waals surface area contributed by atoms with Gasteiger partial charge in [0.25, 0.3) is 0 Å². The maximum absolute atomic E-state index is 11.4. The fourth-order valence-corrected chi connectivity index (χ4v) is 2.75. The Morgan fingerprint density at radius 1 is 1.22 bits per heavy atom. The highest BCUT2D eigenvalue weighted by molar-refractivity contribution is 5.89. The highest BCUT2D eigenvalue weighted by Crippen LogP contribution is 2.24. The minimum atomic E-state index is -0.0812. The standard InChI is InChI=1S/C18H23N3O2/c1-6-15-10-16(7-8-18(15)19-14(5)23)21-13(4)17(9-11(2)22)12(3)20-21/h7-8,10H,6,9H2,1-5H3,(H,19,23). The number of hydrogen-bond acceptors (Lipinski definition) is 3. The number of carbonyl (C=O) groups is 2. The molecule has 0 spiro atoms. The van der Waals surface area contributed by atoms with Crippen LogP contribution in [0.4, 0.5) is 5.69 Å². The molecule has 0 aliphatic rings. The summed E-state index contributed by atoms with van der Waals surface area (Å²) in [5.74, 6) is 0.0494. The lowest BCUT2D eigenvalue weighted by Gasteiger charge is -2.12. The number of benzene rings is 1. The number of aromatic nitrogens is 2. The van der Waals surface area contributed by atoms with E-state index in [2.05, 4.69) is 10.4 Å². The second-order valence-electron chi connectivity index (χ2n) is 5.82. The molecule has 0 radical (unpaired) electrons. The smallest absolute Gasteiger partial charge is 0.221 e. The Bertz CT molecular complexity index is 760. The van der Waals surface area contributed by atoms with E-state index in [0.29, 0.717) is 6.42 Å². The van der Waals surface area contributed by atoms with Gasteiger partial charge < -0.3 is 5.32 Å². The molecule has 0 aliphatic heterocycles. The summed E-state index contributed by atoms with van der Waals surface area (Å²) >= 11 is 0. The zero-order valence-electron chi connectivity index (χ0n) is 14.4. The van der Waals surface area contributed by atoms with E-state index in [9.17, 15) is 9.59 Å². The lowest BCUT2D eigenvalue weighted by molar-refractivity contribution is -0.116. The molecule has 1 heterocycles. The molecule has 5 nitrogen and oxygen atoms in total. The fourth-order valence-electron chi connectivity index (χ4n) is 2.75. The Balaban J connectivity index is 2.46. The topological polar surface area (TPSA) is 64.0 Å². The minimum absolute atomic E-state index is 0.0812. The first kappa shape index (κ1) is 16.9. The molecule has 2 rings (SSSR count). The van der Waals surface area contributed by atoms with Crippen LogP contribution in [0.5, 0.6) is 0 Å². The Labute approximate surface area is 136 Å². The van der Waals surface area contributed by atoms with Gasteiger partial charge in [-0.1, -0.05) is 6.92 Å². The number of amides is 1. The Kier molecular flexibility index (Phi) is 4.98. The zero-order valence-corrected chi connectivity index (χ0v) is 14.4. The van der Waals surface area contributed by atoms with Crippen LogP contribution in [-0.2, 0) is 22.4 Å². The molecule has 1 N–H and O–H groups in total. The van der Waals surface area contributed by atoms with Gasteiger partial charge in [-0.2, -0.15) is 5.10 Å². The quantitative estimate of drug-likeness (QED) is 0.922. The zero-order chi connectivity index (χ0) is 17.1. The summed E-state index contributed by atoms with van der Waals surface area (Å²) in [6.45, 7) is 9.04. The van der Waals surface area contributed by atoms with Gasteiger partial charge in [-0.05, 0) is 51.0 Å². The van der Waals surface area contributed by atoms with Crippen LogP contribution in [0, 0.1) is 13.8 Å². The molecule has 0 saturated carbocycles. The van der Waals surface area contributed by atoms with Crippen molar-refractivity contribution in [3.63, 3.8) is 0 Å². The molecule has 0 saturated heterocycles. The first-order chi connectivity index (χ1) is 10.8. The second-order valence-corrected chi connectivity index (χ2v) is 5.82. The van der Waals surface area contributed by atoms with Crippen molar-refractivity contribution in [3.05, 3.63) is 40.7 Å². The van der Waals surface area contributed by atoms with Crippen LogP contribution in [0.1, 0.15) is 43.3 Å². The maximum atomic E-state index is 11.4. The summed E-state index contributed by atoms with van der Waals surface area (Å²) in [6, 6.07) is 5.86. The minimum Gasteiger partial charge on any atom is -0.326 e. The van der Waals surface area contributed by atoms with Gasteiger partial charge in [-0.25, -0.2) is 4.68 Å². The van der Waals surface area contributed by atoms with Gasteiger partial charge in [-0.3, -0.25) is 9.59 Å². The normalized spacial score (nSPS) is 10.7. The first-order valence-corrected chi connectivity index (χ1v) is 7.78. The summed E-state index contributed by atoms with van der Waals surface area (Å²) in [4.78, 5) is 22.7. The summed E-state index contributed by atoms with van der Waals surface area (Å²) in [7, 11) is 0. The predicted octanol–water partition coefficient (Wildman–Crippen LogP) is 3.14. The van der Waals surface area contributed by atoms with Gasteiger partial charge in [0.1, 0.15) is 5.78 Å². The number of nitrogens with one attached hydrogen (secondary N) is 1. The molecular weight excluding hydrogens is 290 g/mol. The number of ketones is 1. The van der Waals surface area contributed by atoms with Crippen molar-refractivity contribution < 1.29 is 9.59 Å². The number of carbonyl (C=O) groups excluding carboxylic acids is 2. The van der Waals surface area contributed by atoms with Gasteiger partial charge >= 0.3 is 0 Å². The third-order valence-electron chi connectivity index (χ3n) is 3.89. The van der Waals surface area contributed by atoms with Crippen LogP contribution >= 0.6 is 0 Å². The number of hydrogen-bond donors (Lipinski definition) is 1. The summed E-state index contributed by atoms with van der Waals surface area (Å²) < 4.78 is 1.87. The fraction of sp³-hybridized carbons (Fsp3) is 0.389. The highest BCUT2D eigenvalue weighted by atomic mass is 16.1. The molecule has 1 aromatic heterocycles. The van der Waals surface area contributed by atoms with Crippen molar-refractivity contribution in [1.82, 2.24) is 9.78 Å². The van der Waals surface area contributed by atoms with Crippen molar-refractivity contribution in [1.29, 1.82) is 0 Å². The number of anilines is 1. The molecule has 122 valence electrons. The average Bonchev–Trinajstić information content (AvgIpc) is 2.75. The molecular formula is C18H23N3O2. The van der Waals surface area contributed by atoms with Gasteiger partial charge in [-0.15, -0.1) is 0 Å². The molecule has 1 aromatic carbocycles. The van der Waals surface area contributed by atoms with Crippen LogP contribution in [0.25, 0.3) is 5.69 Å². The summed E-state index contributed by atoms with van der Waals surface area (Å²) in [6.07, 6.45) is 1.21. The number of aryl methyl sites for hydroxylation is 2. The van der Waals surface area contributed by atoms with E-state index in [0.717, 1.165) is 40.3 Å². The summed E-state index contributed by atoms with van der Waals surface area (Å²) in [5.41, 5.74) is 5.66. The van der Waals surface area contributed by atoms with E-state index < -0.39 is 0 Å². The monoisotopic (exact) mass is 313 g/mol. The number of nitrogens with zero attached hydrogens (tertiary/aromatic N) is 2. The lowest BCUT2D eigenvalue weighted by atomic mass is 10.1. The highest BCUT2D eigenvalue weighted by Gasteiger charge is 2.15. The van der Waals surface area contributed by atoms with Gasteiger partial charge in [0.05, 0.1) is 11.4 Å². The molecule has 2 aromatic rings.